The highest BCUT2D eigenvalue weighted by Gasteiger charge is 2.26. The molecule has 0 fully saturated rings. The maximum absolute atomic E-state index is 8.97. The van der Waals surface area contributed by atoms with E-state index in [0.29, 0.717) is 0 Å². The van der Waals surface area contributed by atoms with Gasteiger partial charge < -0.3 is 5.11 Å². The van der Waals surface area contributed by atoms with Gasteiger partial charge in [-0.15, -0.1) is 0 Å². The van der Waals surface area contributed by atoms with Crippen molar-refractivity contribution in [2.24, 2.45) is 5.41 Å². The minimum atomic E-state index is 0.0887. The van der Waals surface area contributed by atoms with E-state index >= 15 is 0 Å². The molecule has 1 heteroatoms. The fourth-order valence-electron chi connectivity index (χ4n) is 3.46. The van der Waals surface area contributed by atoms with E-state index < -0.39 is 0 Å². The molecule has 1 nitrogen and oxygen atoms in total. The standard InChI is InChI=1S/C30H40O/c1-24(13-8-9-14-25(2)16-11-18-27(4)23-31)15-10-17-26(3)20-21-29-28(5)19-12-22-30(29,6)7/h10-11,13-18,20-21,31H,12,19,22-23H2,1-7H3. The molecule has 0 aromatic carbocycles. The first kappa shape index (κ1) is 26.5. The second kappa shape index (κ2) is 13.7. The van der Waals surface area contributed by atoms with Gasteiger partial charge in [0, 0.05) is 0 Å². The number of rotatable bonds is 7. The molecule has 166 valence electrons. The summed E-state index contributed by atoms with van der Waals surface area (Å²) >= 11 is 0. The summed E-state index contributed by atoms with van der Waals surface area (Å²) in [5.41, 5.74) is 7.69. The minimum Gasteiger partial charge on any atom is -0.392 e. The predicted octanol–water partition coefficient (Wildman–Crippen LogP) is 7.96. The van der Waals surface area contributed by atoms with Crippen LogP contribution in [0.15, 0.2) is 94.2 Å². The van der Waals surface area contributed by atoms with Crippen LogP contribution in [0.3, 0.4) is 0 Å². The molecular formula is C30H40O. The van der Waals surface area contributed by atoms with Gasteiger partial charge in [0.25, 0.3) is 0 Å². The van der Waals surface area contributed by atoms with Crippen LogP contribution in [0, 0.1) is 17.3 Å². The van der Waals surface area contributed by atoms with Crippen molar-refractivity contribution in [3.8, 4) is 11.8 Å². The molecule has 0 saturated carbocycles. The van der Waals surface area contributed by atoms with Gasteiger partial charge in [0.2, 0.25) is 0 Å². The largest absolute Gasteiger partial charge is 0.392 e. The van der Waals surface area contributed by atoms with E-state index in [1.807, 2.05) is 44.2 Å². The van der Waals surface area contributed by atoms with Gasteiger partial charge in [-0.25, -0.2) is 0 Å². The first-order chi connectivity index (χ1) is 14.7. The SMILES string of the molecule is CC(C=CC=C(C)C=CC1=C(C)CCCC1(C)C)=CC#CC=C(C)C=CC=C(C)CO. The van der Waals surface area contributed by atoms with Gasteiger partial charge in [0.15, 0.2) is 0 Å². The Morgan fingerprint density at radius 1 is 0.903 bits per heavy atom. The van der Waals surface area contributed by atoms with Crippen LogP contribution in [0.4, 0.5) is 0 Å². The fourth-order valence-corrected chi connectivity index (χ4v) is 3.46. The molecule has 0 atom stereocenters. The molecule has 1 aliphatic carbocycles. The zero-order valence-electron chi connectivity index (χ0n) is 20.5. The Bertz CT molecular complexity index is 909. The summed E-state index contributed by atoms with van der Waals surface area (Å²) in [5.74, 6) is 6.14. The van der Waals surface area contributed by atoms with Gasteiger partial charge in [-0.3, -0.25) is 0 Å². The Morgan fingerprint density at radius 3 is 2.03 bits per heavy atom. The first-order valence-corrected chi connectivity index (χ1v) is 11.2. The van der Waals surface area contributed by atoms with Crippen LogP contribution in [-0.4, -0.2) is 11.7 Å². The summed E-state index contributed by atoms with van der Waals surface area (Å²) in [7, 11) is 0. The minimum absolute atomic E-state index is 0.0887. The third-order valence-electron chi connectivity index (χ3n) is 5.45. The number of aliphatic hydroxyl groups excluding tert-OH is 1. The summed E-state index contributed by atoms with van der Waals surface area (Å²) in [5, 5.41) is 8.97. The van der Waals surface area contributed by atoms with Gasteiger partial charge in [0.1, 0.15) is 0 Å². The maximum atomic E-state index is 8.97. The number of hydrogen-bond donors (Lipinski definition) is 1. The van der Waals surface area contributed by atoms with E-state index in [1.165, 1.54) is 36.0 Å². The van der Waals surface area contributed by atoms with Gasteiger partial charge in [-0.2, -0.15) is 0 Å². The van der Waals surface area contributed by atoms with Crippen LogP contribution >= 0.6 is 0 Å². The van der Waals surface area contributed by atoms with Crippen LogP contribution in [0.2, 0.25) is 0 Å². The highest BCUT2D eigenvalue weighted by molar-refractivity contribution is 5.38. The second-order valence-corrected chi connectivity index (χ2v) is 9.13. The topological polar surface area (TPSA) is 20.2 Å². The van der Waals surface area contributed by atoms with Crippen molar-refractivity contribution in [1.82, 2.24) is 0 Å². The van der Waals surface area contributed by atoms with Crippen LogP contribution in [-0.2, 0) is 0 Å². The quantitative estimate of drug-likeness (QED) is 0.329. The molecule has 0 aromatic heterocycles. The predicted molar refractivity (Wildman–Crippen MR) is 138 cm³/mol. The van der Waals surface area contributed by atoms with Crippen molar-refractivity contribution >= 4 is 0 Å². The summed E-state index contributed by atoms with van der Waals surface area (Å²) in [6.07, 6.45) is 24.3. The summed E-state index contributed by atoms with van der Waals surface area (Å²) in [6.45, 7) is 15.2. The molecule has 0 heterocycles. The molecule has 1 N–H and O–H groups in total. The lowest BCUT2D eigenvalue weighted by molar-refractivity contribution is 0.331. The van der Waals surface area contributed by atoms with Crippen molar-refractivity contribution in [1.29, 1.82) is 0 Å². The van der Waals surface area contributed by atoms with E-state index in [-0.39, 0.29) is 12.0 Å². The first-order valence-electron chi connectivity index (χ1n) is 11.2. The Balaban J connectivity index is 2.68. The Kier molecular flexibility index (Phi) is 11.7. The highest BCUT2D eigenvalue weighted by Crippen LogP contribution is 2.40. The maximum Gasteiger partial charge on any atom is 0.0642 e. The number of aliphatic hydroxyl groups is 1. The van der Waals surface area contributed by atoms with Crippen molar-refractivity contribution in [3.63, 3.8) is 0 Å². The lowest BCUT2D eigenvalue weighted by Gasteiger charge is -2.32. The lowest BCUT2D eigenvalue weighted by atomic mass is 9.72. The molecule has 0 unspecified atom stereocenters. The molecule has 0 saturated heterocycles. The molecule has 31 heavy (non-hydrogen) atoms. The van der Waals surface area contributed by atoms with E-state index in [9.17, 15) is 0 Å². The number of hydrogen-bond acceptors (Lipinski definition) is 1. The molecular weight excluding hydrogens is 376 g/mol. The summed E-state index contributed by atoms with van der Waals surface area (Å²) < 4.78 is 0. The normalized spacial score (nSPS) is 19.0. The van der Waals surface area contributed by atoms with Gasteiger partial charge >= 0.3 is 0 Å². The third kappa shape index (κ3) is 10.9. The van der Waals surface area contributed by atoms with Crippen LogP contribution in [0.5, 0.6) is 0 Å². The van der Waals surface area contributed by atoms with Gasteiger partial charge in [-0.1, -0.05) is 85.4 Å². The Labute approximate surface area is 191 Å². The number of allylic oxidation sites excluding steroid dienone is 15. The van der Waals surface area contributed by atoms with Crippen LogP contribution in [0.1, 0.15) is 67.7 Å². The summed E-state index contributed by atoms with van der Waals surface area (Å²) in [4.78, 5) is 0. The van der Waals surface area contributed by atoms with E-state index in [0.717, 1.165) is 16.7 Å². The van der Waals surface area contributed by atoms with Crippen molar-refractivity contribution < 1.29 is 5.11 Å². The van der Waals surface area contributed by atoms with Crippen molar-refractivity contribution in [2.75, 3.05) is 6.61 Å². The Hall–Kier alpha value is -2.56. The van der Waals surface area contributed by atoms with Crippen LogP contribution in [0.25, 0.3) is 0 Å². The van der Waals surface area contributed by atoms with E-state index in [4.69, 9.17) is 5.11 Å². The van der Waals surface area contributed by atoms with Crippen molar-refractivity contribution in [3.05, 3.63) is 94.2 Å². The van der Waals surface area contributed by atoms with E-state index in [1.54, 1.807) is 0 Å². The molecule has 0 bridgehead atoms. The Morgan fingerprint density at radius 2 is 1.48 bits per heavy atom. The third-order valence-corrected chi connectivity index (χ3v) is 5.45. The zero-order chi connectivity index (χ0) is 23.3. The lowest BCUT2D eigenvalue weighted by Crippen LogP contribution is -2.19. The monoisotopic (exact) mass is 416 g/mol. The van der Waals surface area contributed by atoms with Crippen LogP contribution < -0.4 is 0 Å². The van der Waals surface area contributed by atoms with Gasteiger partial charge in [0.05, 0.1) is 6.61 Å². The molecule has 1 rings (SSSR count). The second-order valence-electron chi connectivity index (χ2n) is 9.13. The average molecular weight is 417 g/mol. The molecule has 0 amide bonds. The average Bonchev–Trinajstić information content (AvgIpc) is 2.70. The molecule has 0 spiro atoms. The van der Waals surface area contributed by atoms with E-state index in [2.05, 4.69) is 76.8 Å². The molecule has 0 radical (unpaired) electrons. The molecule has 0 aliphatic heterocycles. The van der Waals surface area contributed by atoms with Gasteiger partial charge in [-0.05, 0) is 93.7 Å². The smallest absolute Gasteiger partial charge is 0.0642 e. The zero-order valence-corrected chi connectivity index (χ0v) is 20.5. The molecule has 0 aromatic rings. The fraction of sp³-hybridized carbons (Fsp3) is 0.400. The highest BCUT2D eigenvalue weighted by atomic mass is 16.3. The molecule has 1 aliphatic rings. The van der Waals surface area contributed by atoms with Crippen molar-refractivity contribution in [2.45, 2.75) is 67.7 Å². The summed E-state index contributed by atoms with van der Waals surface area (Å²) in [6, 6.07) is 0.